The quantitative estimate of drug-likeness (QED) is 0.893. The van der Waals surface area contributed by atoms with Crippen LogP contribution in [-0.4, -0.2) is 18.1 Å². The molecule has 0 aliphatic heterocycles. The molecule has 4 nitrogen and oxygen atoms in total. The Balaban J connectivity index is 2.18. The van der Waals surface area contributed by atoms with Gasteiger partial charge in [-0.15, -0.1) is 0 Å². The number of nitrogens with one attached hydrogen (secondary N) is 1. The van der Waals surface area contributed by atoms with Crippen LogP contribution in [0.3, 0.4) is 0 Å². The molecular formula is C14H12FNO3. The van der Waals surface area contributed by atoms with Crippen molar-refractivity contribution in [1.82, 2.24) is 0 Å². The van der Waals surface area contributed by atoms with E-state index in [2.05, 4.69) is 5.32 Å². The fraction of sp³-hybridized carbons (Fsp3) is 0.0714. The molecule has 2 aromatic rings. The van der Waals surface area contributed by atoms with Crippen molar-refractivity contribution in [3.05, 3.63) is 53.8 Å². The second-order valence-corrected chi connectivity index (χ2v) is 3.85. The third-order valence-corrected chi connectivity index (χ3v) is 2.52. The van der Waals surface area contributed by atoms with Crippen molar-refractivity contribution in [2.24, 2.45) is 0 Å². The zero-order chi connectivity index (χ0) is 13.8. The molecule has 0 aliphatic carbocycles. The lowest BCUT2D eigenvalue weighted by molar-refractivity contribution is 0.102. The predicted octanol–water partition coefficient (Wildman–Crippen LogP) is 2.79. The van der Waals surface area contributed by atoms with Gasteiger partial charge in [-0.05, 0) is 36.4 Å². The van der Waals surface area contributed by atoms with E-state index in [1.54, 1.807) is 6.07 Å². The molecule has 1 amide bonds. The summed E-state index contributed by atoms with van der Waals surface area (Å²) in [7, 11) is 1.42. The number of phenolic OH excluding ortho intramolecular Hbond substituents is 1. The van der Waals surface area contributed by atoms with Gasteiger partial charge in [0.15, 0.2) is 11.5 Å². The van der Waals surface area contributed by atoms with Crippen molar-refractivity contribution in [2.75, 3.05) is 12.4 Å². The number of carbonyl (C=O) groups is 1. The summed E-state index contributed by atoms with van der Waals surface area (Å²) in [6.45, 7) is 0. The van der Waals surface area contributed by atoms with Gasteiger partial charge < -0.3 is 15.2 Å². The van der Waals surface area contributed by atoms with Gasteiger partial charge in [0.05, 0.1) is 7.11 Å². The van der Waals surface area contributed by atoms with Crippen molar-refractivity contribution in [1.29, 1.82) is 0 Å². The molecule has 2 aromatic carbocycles. The molecule has 0 saturated carbocycles. The number of anilines is 1. The minimum Gasteiger partial charge on any atom is -0.504 e. The van der Waals surface area contributed by atoms with Crippen LogP contribution in [0.25, 0.3) is 0 Å². The standard InChI is InChI=1S/C14H12FNO3/c1-19-13-6-5-9(7-12(13)17)14(18)16-11-4-2-3-10(15)8-11/h2-8,17H,1H3,(H,16,18). The number of halogens is 1. The molecule has 0 saturated heterocycles. The lowest BCUT2D eigenvalue weighted by atomic mass is 10.2. The monoisotopic (exact) mass is 261 g/mol. The lowest BCUT2D eigenvalue weighted by Crippen LogP contribution is -2.11. The third kappa shape index (κ3) is 3.01. The van der Waals surface area contributed by atoms with Crippen molar-refractivity contribution in [3.8, 4) is 11.5 Å². The van der Waals surface area contributed by atoms with Crippen molar-refractivity contribution < 1.29 is 19.0 Å². The van der Waals surface area contributed by atoms with Crippen LogP contribution in [0.4, 0.5) is 10.1 Å². The van der Waals surface area contributed by atoms with Crippen LogP contribution in [0.15, 0.2) is 42.5 Å². The van der Waals surface area contributed by atoms with Crippen molar-refractivity contribution >= 4 is 11.6 Å². The number of carbonyl (C=O) groups excluding carboxylic acids is 1. The number of benzene rings is 2. The first-order valence-electron chi connectivity index (χ1n) is 5.54. The van der Waals surface area contributed by atoms with E-state index in [0.29, 0.717) is 5.69 Å². The van der Waals surface area contributed by atoms with E-state index in [9.17, 15) is 14.3 Å². The first kappa shape index (κ1) is 12.9. The van der Waals surface area contributed by atoms with Gasteiger partial charge in [0.2, 0.25) is 0 Å². The molecule has 0 radical (unpaired) electrons. The number of phenols is 1. The van der Waals surface area contributed by atoms with Gasteiger partial charge in [-0.2, -0.15) is 0 Å². The van der Waals surface area contributed by atoms with E-state index in [4.69, 9.17) is 4.74 Å². The highest BCUT2D eigenvalue weighted by atomic mass is 19.1. The summed E-state index contributed by atoms with van der Waals surface area (Å²) >= 11 is 0. The smallest absolute Gasteiger partial charge is 0.255 e. The summed E-state index contributed by atoms with van der Waals surface area (Å²) in [4.78, 5) is 11.9. The fourth-order valence-corrected chi connectivity index (χ4v) is 1.60. The predicted molar refractivity (Wildman–Crippen MR) is 69.0 cm³/mol. The van der Waals surface area contributed by atoms with Gasteiger partial charge in [0, 0.05) is 11.3 Å². The molecule has 0 spiro atoms. The Morgan fingerprint density at radius 2 is 2.05 bits per heavy atom. The Labute approximate surface area is 109 Å². The summed E-state index contributed by atoms with van der Waals surface area (Å²) in [6.07, 6.45) is 0. The van der Waals surface area contributed by atoms with E-state index in [-0.39, 0.29) is 17.1 Å². The van der Waals surface area contributed by atoms with Crippen LogP contribution in [0, 0.1) is 5.82 Å². The number of aromatic hydroxyl groups is 1. The highest BCUT2D eigenvalue weighted by Crippen LogP contribution is 2.26. The molecule has 0 fully saturated rings. The SMILES string of the molecule is COc1ccc(C(=O)Nc2cccc(F)c2)cc1O. The summed E-state index contributed by atoms with van der Waals surface area (Å²) in [5.41, 5.74) is 0.600. The zero-order valence-electron chi connectivity index (χ0n) is 10.2. The first-order valence-corrected chi connectivity index (χ1v) is 5.54. The Kier molecular flexibility index (Phi) is 3.66. The van der Waals surface area contributed by atoms with Crippen LogP contribution in [0.5, 0.6) is 11.5 Å². The zero-order valence-corrected chi connectivity index (χ0v) is 10.2. The Morgan fingerprint density at radius 3 is 2.68 bits per heavy atom. The number of ether oxygens (including phenoxy) is 1. The maximum absolute atomic E-state index is 13.0. The molecule has 0 aliphatic rings. The van der Waals surface area contributed by atoms with Gasteiger partial charge >= 0.3 is 0 Å². The molecule has 0 bridgehead atoms. The molecule has 2 N–H and O–H groups in total. The van der Waals surface area contributed by atoms with Gasteiger partial charge in [0.1, 0.15) is 5.82 Å². The van der Waals surface area contributed by atoms with Gasteiger partial charge in [-0.3, -0.25) is 4.79 Å². The van der Waals surface area contributed by atoms with E-state index < -0.39 is 11.7 Å². The minimum absolute atomic E-state index is 0.130. The van der Waals surface area contributed by atoms with Crippen LogP contribution in [-0.2, 0) is 0 Å². The van der Waals surface area contributed by atoms with Gasteiger partial charge in [-0.25, -0.2) is 4.39 Å². The second kappa shape index (κ2) is 5.39. The fourth-order valence-electron chi connectivity index (χ4n) is 1.60. The average Bonchev–Trinajstić information content (AvgIpc) is 2.38. The maximum Gasteiger partial charge on any atom is 0.255 e. The Bertz CT molecular complexity index is 613. The average molecular weight is 261 g/mol. The van der Waals surface area contributed by atoms with Crippen LogP contribution in [0.2, 0.25) is 0 Å². The highest BCUT2D eigenvalue weighted by molar-refractivity contribution is 6.04. The Morgan fingerprint density at radius 1 is 1.26 bits per heavy atom. The molecule has 0 aromatic heterocycles. The van der Waals surface area contributed by atoms with Crippen LogP contribution in [0.1, 0.15) is 10.4 Å². The normalized spacial score (nSPS) is 10.0. The largest absolute Gasteiger partial charge is 0.504 e. The number of hydrogen-bond donors (Lipinski definition) is 2. The van der Waals surface area contributed by atoms with Crippen molar-refractivity contribution in [3.63, 3.8) is 0 Å². The third-order valence-electron chi connectivity index (χ3n) is 2.52. The van der Waals surface area contributed by atoms with Gasteiger partial charge in [-0.1, -0.05) is 6.07 Å². The van der Waals surface area contributed by atoms with E-state index in [0.717, 1.165) is 0 Å². The first-order chi connectivity index (χ1) is 9.10. The summed E-state index contributed by atoms with van der Waals surface area (Å²) in [6, 6.07) is 9.84. The molecule has 0 heterocycles. The Hall–Kier alpha value is -2.56. The highest BCUT2D eigenvalue weighted by Gasteiger charge is 2.10. The molecule has 98 valence electrons. The van der Waals surface area contributed by atoms with E-state index >= 15 is 0 Å². The van der Waals surface area contributed by atoms with Crippen molar-refractivity contribution in [2.45, 2.75) is 0 Å². The topological polar surface area (TPSA) is 58.6 Å². The summed E-state index contributed by atoms with van der Waals surface area (Å²) < 4.78 is 17.9. The molecule has 2 rings (SSSR count). The minimum atomic E-state index is -0.441. The number of methoxy groups -OCH3 is 1. The van der Waals surface area contributed by atoms with E-state index in [1.807, 2.05) is 0 Å². The number of rotatable bonds is 3. The number of hydrogen-bond acceptors (Lipinski definition) is 3. The maximum atomic E-state index is 13.0. The second-order valence-electron chi connectivity index (χ2n) is 3.85. The summed E-state index contributed by atoms with van der Waals surface area (Å²) in [5, 5.41) is 12.1. The molecule has 0 atom stereocenters. The summed E-state index contributed by atoms with van der Waals surface area (Å²) in [5.74, 6) is -0.726. The van der Waals surface area contributed by atoms with Crippen LogP contribution >= 0.6 is 0 Å². The van der Waals surface area contributed by atoms with Gasteiger partial charge in [0.25, 0.3) is 5.91 Å². The number of amides is 1. The molecule has 0 unspecified atom stereocenters. The lowest BCUT2D eigenvalue weighted by Gasteiger charge is -2.07. The molecular weight excluding hydrogens is 249 g/mol. The van der Waals surface area contributed by atoms with E-state index in [1.165, 1.54) is 43.5 Å². The molecule has 19 heavy (non-hydrogen) atoms. The van der Waals surface area contributed by atoms with Crippen LogP contribution < -0.4 is 10.1 Å². The molecule has 5 heteroatoms.